The Morgan fingerprint density at radius 3 is 2.57 bits per heavy atom. The maximum Gasteiger partial charge on any atom is 0.224 e. The molecule has 1 aromatic heterocycles. The van der Waals surface area contributed by atoms with E-state index in [4.69, 9.17) is 15.5 Å². The van der Waals surface area contributed by atoms with Crippen LogP contribution in [0.25, 0.3) is 0 Å². The Morgan fingerprint density at radius 1 is 1.03 bits per heavy atom. The average Bonchev–Trinajstić information content (AvgIpc) is 2.99. The van der Waals surface area contributed by atoms with E-state index in [2.05, 4.69) is 26.2 Å². The van der Waals surface area contributed by atoms with Gasteiger partial charge in [-0.3, -0.25) is 4.90 Å². The lowest BCUT2D eigenvalue weighted by atomic mass is 9.93. The molecule has 3 aliphatic rings. The summed E-state index contributed by atoms with van der Waals surface area (Å²) in [4.78, 5) is 14.6. The van der Waals surface area contributed by atoms with Crippen molar-refractivity contribution in [1.29, 1.82) is 0 Å². The summed E-state index contributed by atoms with van der Waals surface area (Å²) in [7, 11) is 0. The molecule has 0 unspecified atom stereocenters. The summed E-state index contributed by atoms with van der Waals surface area (Å²) in [6.07, 6.45) is 14.9. The second kappa shape index (κ2) is 11.3. The molecule has 4 rings (SSSR count). The molecular formula is C23H42N6O. The van der Waals surface area contributed by atoms with Crippen LogP contribution >= 0.6 is 0 Å². The first-order chi connectivity index (χ1) is 14.8. The van der Waals surface area contributed by atoms with Gasteiger partial charge in [0, 0.05) is 45.9 Å². The molecule has 170 valence electrons. The van der Waals surface area contributed by atoms with Gasteiger partial charge in [0.1, 0.15) is 5.82 Å². The summed E-state index contributed by atoms with van der Waals surface area (Å²) in [5, 5.41) is 3.68. The SMILES string of the molecule is NCCOC[C@@H]1[C@@H](Nc2nccc(N3CCCCCC3)n2)CCN1C1CCCCC1.[HH]. The highest BCUT2D eigenvalue weighted by atomic mass is 16.5. The number of aromatic nitrogens is 2. The molecule has 0 spiro atoms. The second-order valence-electron chi connectivity index (χ2n) is 9.14. The third-order valence-electron chi connectivity index (χ3n) is 7.07. The molecule has 7 nitrogen and oxygen atoms in total. The van der Waals surface area contributed by atoms with Gasteiger partial charge in [-0.2, -0.15) is 4.98 Å². The van der Waals surface area contributed by atoms with Crippen molar-refractivity contribution in [3.05, 3.63) is 12.3 Å². The Labute approximate surface area is 183 Å². The minimum absolute atomic E-state index is 0. The standard InChI is InChI=1S/C23H40N6O.H2/c24-12-17-30-18-21-20(11-16-29(21)19-8-4-3-5-9-19)26-23-25-13-10-22(27-23)28-14-6-1-2-7-15-28;/h10,13,19-21H,1-9,11-12,14-18,24H2,(H,25,26,27);1H/t20-,21+;/m0./s1. The van der Waals surface area contributed by atoms with Gasteiger partial charge in [0.05, 0.1) is 19.3 Å². The second-order valence-corrected chi connectivity index (χ2v) is 9.14. The van der Waals surface area contributed by atoms with Crippen LogP contribution in [-0.2, 0) is 4.74 Å². The van der Waals surface area contributed by atoms with Crippen LogP contribution in [0.2, 0.25) is 0 Å². The average molecular weight is 419 g/mol. The van der Waals surface area contributed by atoms with Crippen LogP contribution in [0.1, 0.15) is 65.6 Å². The Kier molecular flexibility index (Phi) is 8.17. The molecule has 0 aromatic carbocycles. The summed E-state index contributed by atoms with van der Waals surface area (Å²) >= 11 is 0. The van der Waals surface area contributed by atoms with Gasteiger partial charge in [-0.1, -0.05) is 32.1 Å². The lowest BCUT2D eigenvalue weighted by Gasteiger charge is -2.37. The van der Waals surface area contributed by atoms with E-state index in [1.54, 1.807) is 0 Å². The van der Waals surface area contributed by atoms with E-state index in [0.717, 1.165) is 44.4 Å². The van der Waals surface area contributed by atoms with Crippen molar-refractivity contribution in [3.8, 4) is 0 Å². The van der Waals surface area contributed by atoms with Crippen molar-refractivity contribution < 1.29 is 6.16 Å². The number of anilines is 2. The van der Waals surface area contributed by atoms with Crippen molar-refractivity contribution >= 4 is 11.8 Å². The molecule has 3 fully saturated rings. The van der Waals surface area contributed by atoms with E-state index < -0.39 is 0 Å². The highest BCUT2D eigenvalue weighted by Gasteiger charge is 2.38. The summed E-state index contributed by atoms with van der Waals surface area (Å²) in [5.41, 5.74) is 5.67. The third kappa shape index (κ3) is 5.62. The Bertz CT molecular complexity index is 636. The first-order valence-corrected chi connectivity index (χ1v) is 12.2. The molecule has 1 aromatic rings. The van der Waals surface area contributed by atoms with Crippen molar-refractivity contribution in [1.82, 2.24) is 14.9 Å². The van der Waals surface area contributed by atoms with Crippen molar-refractivity contribution in [2.45, 2.75) is 82.3 Å². The van der Waals surface area contributed by atoms with E-state index in [-0.39, 0.29) is 1.43 Å². The fraction of sp³-hybridized carbons (Fsp3) is 0.826. The normalized spacial score (nSPS) is 26.6. The van der Waals surface area contributed by atoms with Crippen molar-refractivity contribution in [2.24, 2.45) is 5.73 Å². The minimum Gasteiger partial charge on any atom is -0.378 e. The van der Waals surface area contributed by atoms with Gasteiger partial charge in [0.25, 0.3) is 0 Å². The highest BCUT2D eigenvalue weighted by molar-refractivity contribution is 5.43. The molecule has 2 aliphatic heterocycles. The molecule has 2 atom stereocenters. The first kappa shape index (κ1) is 21.8. The molecule has 2 saturated heterocycles. The van der Waals surface area contributed by atoms with E-state index in [1.807, 2.05) is 6.20 Å². The summed E-state index contributed by atoms with van der Waals surface area (Å²) < 4.78 is 5.93. The molecular weight excluding hydrogens is 376 g/mol. The predicted octanol–water partition coefficient (Wildman–Crippen LogP) is 3.27. The summed E-state index contributed by atoms with van der Waals surface area (Å²) in [6, 6.07) is 3.44. The fourth-order valence-corrected chi connectivity index (χ4v) is 5.47. The monoisotopic (exact) mass is 418 g/mol. The maximum atomic E-state index is 5.93. The third-order valence-corrected chi connectivity index (χ3v) is 7.07. The number of rotatable bonds is 8. The van der Waals surface area contributed by atoms with Crippen LogP contribution in [-0.4, -0.2) is 72.4 Å². The van der Waals surface area contributed by atoms with Crippen LogP contribution in [0, 0.1) is 0 Å². The Balaban J connectivity index is 0.00000272. The highest BCUT2D eigenvalue weighted by Crippen LogP contribution is 2.31. The van der Waals surface area contributed by atoms with Crippen LogP contribution in [0.3, 0.4) is 0 Å². The van der Waals surface area contributed by atoms with Crippen LogP contribution in [0.4, 0.5) is 11.8 Å². The molecule has 30 heavy (non-hydrogen) atoms. The zero-order chi connectivity index (χ0) is 20.6. The Hall–Kier alpha value is -1.44. The van der Waals surface area contributed by atoms with Gasteiger partial charge in [-0.05, 0) is 38.2 Å². The largest absolute Gasteiger partial charge is 0.378 e. The van der Waals surface area contributed by atoms with Gasteiger partial charge >= 0.3 is 0 Å². The topological polar surface area (TPSA) is 79.5 Å². The molecule has 3 N–H and O–H groups in total. The van der Waals surface area contributed by atoms with Gasteiger partial charge < -0.3 is 20.7 Å². The zero-order valence-corrected chi connectivity index (χ0v) is 18.5. The number of hydrogen-bond donors (Lipinski definition) is 2. The van der Waals surface area contributed by atoms with Gasteiger partial charge in [-0.15, -0.1) is 0 Å². The number of hydrogen-bond acceptors (Lipinski definition) is 7. The first-order valence-electron chi connectivity index (χ1n) is 12.2. The minimum atomic E-state index is 0. The molecule has 0 amide bonds. The molecule has 1 saturated carbocycles. The fourth-order valence-electron chi connectivity index (χ4n) is 5.47. The molecule has 0 bridgehead atoms. The number of nitrogens with zero attached hydrogens (tertiary/aromatic N) is 4. The van der Waals surface area contributed by atoms with E-state index in [1.165, 1.54) is 57.8 Å². The lowest BCUT2D eigenvalue weighted by molar-refractivity contribution is 0.0508. The van der Waals surface area contributed by atoms with Crippen molar-refractivity contribution in [3.63, 3.8) is 0 Å². The van der Waals surface area contributed by atoms with Crippen molar-refractivity contribution in [2.75, 3.05) is 49.6 Å². The maximum absolute atomic E-state index is 5.93. The lowest BCUT2D eigenvalue weighted by Crippen LogP contribution is -2.48. The van der Waals surface area contributed by atoms with E-state index >= 15 is 0 Å². The number of nitrogens with one attached hydrogen (secondary N) is 1. The molecule has 1 aliphatic carbocycles. The van der Waals surface area contributed by atoms with Gasteiger partial charge in [0.2, 0.25) is 5.95 Å². The van der Waals surface area contributed by atoms with E-state index in [9.17, 15) is 0 Å². The number of likely N-dealkylation sites (tertiary alicyclic amines) is 1. The number of ether oxygens (including phenoxy) is 1. The van der Waals surface area contributed by atoms with Gasteiger partial charge in [0.15, 0.2) is 0 Å². The molecule has 7 heteroatoms. The zero-order valence-electron chi connectivity index (χ0n) is 18.5. The molecule has 0 radical (unpaired) electrons. The predicted molar refractivity (Wildman–Crippen MR) is 124 cm³/mol. The van der Waals surface area contributed by atoms with E-state index in [0.29, 0.717) is 31.3 Å². The smallest absolute Gasteiger partial charge is 0.224 e. The van der Waals surface area contributed by atoms with Crippen LogP contribution < -0.4 is 16.0 Å². The Morgan fingerprint density at radius 2 is 1.80 bits per heavy atom. The van der Waals surface area contributed by atoms with Crippen LogP contribution in [0.5, 0.6) is 0 Å². The summed E-state index contributed by atoms with van der Waals surface area (Å²) in [6.45, 7) is 5.27. The molecule has 3 heterocycles. The van der Waals surface area contributed by atoms with Gasteiger partial charge in [-0.25, -0.2) is 4.98 Å². The number of nitrogens with two attached hydrogens (primary N) is 1. The summed E-state index contributed by atoms with van der Waals surface area (Å²) in [5.74, 6) is 1.82. The quantitative estimate of drug-likeness (QED) is 0.627. The van der Waals surface area contributed by atoms with Crippen LogP contribution in [0.15, 0.2) is 12.3 Å².